The minimum absolute atomic E-state index is 0.234. The van der Waals surface area contributed by atoms with E-state index < -0.39 is 0 Å². The fraction of sp³-hybridized carbons (Fsp3) is 0.263. The number of benzene rings is 2. The van der Waals surface area contributed by atoms with Crippen molar-refractivity contribution in [2.45, 2.75) is 24.4 Å². The van der Waals surface area contributed by atoms with Crippen LogP contribution in [0.15, 0.2) is 53.7 Å². The van der Waals surface area contributed by atoms with Crippen LogP contribution in [-0.4, -0.2) is 28.0 Å². The molecule has 0 atom stereocenters. The van der Waals surface area contributed by atoms with Crippen LogP contribution in [-0.2, 0) is 17.0 Å². The molecule has 0 spiro atoms. The second kappa shape index (κ2) is 9.16. The molecule has 3 rings (SSSR count). The average Bonchev–Trinajstić information content (AvgIpc) is 3.04. The van der Waals surface area contributed by atoms with Gasteiger partial charge in [0.1, 0.15) is 5.82 Å². The van der Waals surface area contributed by atoms with Crippen molar-refractivity contribution in [3.63, 3.8) is 0 Å². The average molecular weight is 392 g/mol. The molecule has 0 saturated heterocycles. The zero-order chi connectivity index (χ0) is 18.4. The van der Waals surface area contributed by atoms with Crippen LogP contribution < -0.4 is 0 Å². The van der Waals surface area contributed by atoms with Crippen molar-refractivity contribution in [2.75, 3.05) is 13.2 Å². The topological polar surface area (TPSA) is 39.9 Å². The number of rotatable bonds is 8. The van der Waals surface area contributed by atoms with Gasteiger partial charge in [-0.1, -0.05) is 35.5 Å². The zero-order valence-corrected chi connectivity index (χ0v) is 15.9. The van der Waals surface area contributed by atoms with E-state index in [0.29, 0.717) is 30.5 Å². The maximum atomic E-state index is 13.4. The van der Waals surface area contributed by atoms with Gasteiger partial charge in [0.15, 0.2) is 11.0 Å². The van der Waals surface area contributed by atoms with Crippen molar-refractivity contribution in [1.29, 1.82) is 0 Å². The number of ether oxygens (including phenoxy) is 1. The Morgan fingerprint density at radius 1 is 1.15 bits per heavy atom. The van der Waals surface area contributed by atoms with Gasteiger partial charge in [0.25, 0.3) is 0 Å². The molecule has 3 aromatic rings. The summed E-state index contributed by atoms with van der Waals surface area (Å²) in [5, 5.41) is 10.1. The van der Waals surface area contributed by atoms with Crippen molar-refractivity contribution in [2.24, 2.45) is 0 Å². The summed E-state index contributed by atoms with van der Waals surface area (Å²) in [6.07, 6.45) is 0. The second-order valence-corrected chi connectivity index (χ2v) is 6.96. The molecule has 0 aliphatic heterocycles. The van der Waals surface area contributed by atoms with Gasteiger partial charge in [-0.3, -0.25) is 4.57 Å². The molecule has 0 amide bonds. The molecule has 136 valence electrons. The standard InChI is InChI=1S/C19H19ClFN3OS/c1-2-25-11-10-24-18(15-6-8-16(20)9-7-15)22-23-19(24)26-13-14-4-3-5-17(21)12-14/h3-9,12H,2,10-11,13H2,1H3. The molecule has 1 aromatic heterocycles. The van der Waals surface area contributed by atoms with E-state index >= 15 is 0 Å². The van der Waals surface area contributed by atoms with Crippen LogP contribution in [0.5, 0.6) is 0 Å². The number of nitrogens with zero attached hydrogens (tertiary/aromatic N) is 3. The highest BCUT2D eigenvalue weighted by Crippen LogP contribution is 2.27. The Labute approximate surface area is 161 Å². The molecule has 4 nitrogen and oxygen atoms in total. The number of aromatic nitrogens is 3. The van der Waals surface area contributed by atoms with Crippen molar-refractivity contribution in [1.82, 2.24) is 14.8 Å². The predicted octanol–water partition coefficient (Wildman–Crippen LogP) is 5.07. The van der Waals surface area contributed by atoms with E-state index in [-0.39, 0.29) is 5.82 Å². The summed E-state index contributed by atoms with van der Waals surface area (Å²) < 4.78 is 20.9. The van der Waals surface area contributed by atoms with Crippen LogP contribution in [0.1, 0.15) is 12.5 Å². The molecule has 0 bridgehead atoms. The summed E-state index contributed by atoms with van der Waals surface area (Å²) in [6, 6.07) is 14.1. The predicted molar refractivity (Wildman–Crippen MR) is 103 cm³/mol. The monoisotopic (exact) mass is 391 g/mol. The molecule has 1 heterocycles. The molecule has 26 heavy (non-hydrogen) atoms. The van der Waals surface area contributed by atoms with Crippen LogP contribution in [0, 0.1) is 5.82 Å². The summed E-state index contributed by atoms with van der Waals surface area (Å²) in [5.74, 6) is 1.15. The Kier molecular flexibility index (Phi) is 6.66. The van der Waals surface area contributed by atoms with E-state index in [1.807, 2.05) is 41.8 Å². The Bertz CT molecular complexity index is 854. The fourth-order valence-corrected chi connectivity index (χ4v) is 3.52. The Hall–Kier alpha value is -1.89. The highest BCUT2D eigenvalue weighted by molar-refractivity contribution is 7.98. The highest BCUT2D eigenvalue weighted by Gasteiger charge is 2.14. The van der Waals surface area contributed by atoms with Gasteiger partial charge in [-0.05, 0) is 48.9 Å². The minimum atomic E-state index is -0.234. The first kappa shape index (κ1) is 18.9. The van der Waals surface area contributed by atoms with Crippen LogP contribution in [0.25, 0.3) is 11.4 Å². The molecule has 0 unspecified atom stereocenters. The second-order valence-electron chi connectivity index (χ2n) is 5.58. The lowest BCUT2D eigenvalue weighted by atomic mass is 10.2. The summed E-state index contributed by atoms with van der Waals surface area (Å²) >= 11 is 7.51. The molecular formula is C19H19ClFN3OS. The molecule has 7 heteroatoms. The van der Waals surface area contributed by atoms with Gasteiger partial charge in [-0.2, -0.15) is 0 Å². The lowest BCUT2D eigenvalue weighted by Crippen LogP contribution is -2.08. The zero-order valence-electron chi connectivity index (χ0n) is 14.4. The number of hydrogen-bond donors (Lipinski definition) is 0. The van der Waals surface area contributed by atoms with Crippen molar-refractivity contribution < 1.29 is 9.13 Å². The molecule has 0 radical (unpaired) electrons. The molecule has 0 N–H and O–H groups in total. The Morgan fingerprint density at radius 2 is 1.96 bits per heavy atom. The SMILES string of the molecule is CCOCCn1c(SCc2cccc(F)c2)nnc1-c1ccc(Cl)cc1. The van der Waals surface area contributed by atoms with E-state index in [2.05, 4.69) is 10.2 Å². The third-order valence-corrected chi connectivity index (χ3v) is 5.03. The number of hydrogen-bond acceptors (Lipinski definition) is 4. The van der Waals surface area contributed by atoms with E-state index in [1.54, 1.807) is 6.07 Å². The summed E-state index contributed by atoms with van der Waals surface area (Å²) in [4.78, 5) is 0. The summed E-state index contributed by atoms with van der Waals surface area (Å²) in [5.41, 5.74) is 1.85. The van der Waals surface area contributed by atoms with Gasteiger partial charge in [-0.25, -0.2) is 4.39 Å². The van der Waals surface area contributed by atoms with Gasteiger partial charge in [0.2, 0.25) is 0 Å². The van der Waals surface area contributed by atoms with Crippen LogP contribution >= 0.6 is 23.4 Å². The van der Waals surface area contributed by atoms with Crippen molar-refractivity contribution in [3.8, 4) is 11.4 Å². The molecule has 0 aliphatic rings. The summed E-state index contributed by atoms with van der Waals surface area (Å²) in [7, 11) is 0. The Balaban J connectivity index is 1.82. The van der Waals surface area contributed by atoms with Gasteiger partial charge in [0.05, 0.1) is 13.2 Å². The van der Waals surface area contributed by atoms with Crippen LogP contribution in [0.4, 0.5) is 4.39 Å². The quantitative estimate of drug-likeness (QED) is 0.397. The van der Waals surface area contributed by atoms with Crippen LogP contribution in [0.3, 0.4) is 0 Å². The lowest BCUT2D eigenvalue weighted by molar-refractivity contribution is 0.137. The molecule has 0 aliphatic carbocycles. The normalized spacial score (nSPS) is 11.0. The van der Waals surface area contributed by atoms with Gasteiger partial charge >= 0.3 is 0 Å². The van der Waals surface area contributed by atoms with Crippen molar-refractivity contribution >= 4 is 23.4 Å². The first-order valence-corrected chi connectivity index (χ1v) is 9.68. The first-order chi connectivity index (χ1) is 12.7. The van der Waals surface area contributed by atoms with Crippen molar-refractivity contribution in [3.05, 3.63) is 64.9 Å². The van der Waals surface area contributed by atoms with E-state index in [1.165, 1.54) is 23.9 Å². The molecule has 0 fully saturated rings. The lowest BCUT2D eigenvalue weighted by Gasteiger charge is -2.10. The highest BCUT2D eigenvalue weighted by atomic mass is 35.5. The summed E-state index contributed by atoms with van der Waals surface area (Å²) in [6.45, 7) is 3.84. The fourth-order valence-electron chi connectivity index (χ4n) is 2.48. The van der Waals surface area contributed by atoms with Gasteiger partial charge in [0, 0.05) is 22.9 Å². The minimum Gasteiger partial charge on any atom is -0.380 e. The van der Waals surface area contributed by atoms with Gasteiger partial charge < -0.3 is 4.74 Å². The third kappa shape index (κ3) is 4.84. The number of thioether (sulfide) groups is 1. The number of halogens is 2. The third-order valence-electron chi connectivity index (χ3n) is 3.74. The van der Waals surface area contributed by atoms with E-state index in [9.17, 15) is 4.39 Å². The largest absolute Gasteiger partial charge is 0.380 e. The molecule has 2 aromatic carbocycles. The van der Waals surface area contributed by atoms with E-state index in [0.717, 1.165) is 22.1 Å². The van der Waals surface area contributed by atoms with E-state index in [4.69, 9.17) is 16.3 Å². The van der Waals surface area contributed by atoms with Gasteiger partial charge in [-0.15, -0.1) is 10.2 Å². The first-order valence-electron chi connectivity index (χ1n) is 8.31. The maximum absolute atomic E-state index is 13.4. The molecular weight excluding hydrogens is 373 g/mol. The van der Waals surface area contributed by atoms with Crippen LogP contribution in [0.2, 0.25) is 5.02 Å². The Morgan fingerprint density at radius 3 is 2.69 bits per heavy atom. The smallest absolute Gasteiger partial charge is 0.191 e. The maximum Gasteiger partial charge on any atom is 0.191 e. The molecule has 0 saturated carbocycles.